The van der Waals surface area contributed by atoms with Gasteiger partial charge in [0, 0.05) is 16.8 Å². The Bertz CT molecular complexity index is 2450. The van der Waals surface area contributed by atoms with Crippen molar-refractivity contribution in [1.29, 1.82) is 0 Å². The summed E-state index contributed by atoms with van der Waals surface area (Å²) in [7, 11) is 0. The van der Waals surface area contributed by atoms with E-state index in [9.17, 15) is 0 Å². The highest BCUT2D eigenvalue weighted by Gasteiger charge is 2.37. The van der Waals surface area contributed by atoms with Crippen molar-refractivity contribution in [1.82, 2.24) is 0 Å². The first-order chi connectivity index (χ1) is 26.6. The Morgan fingerprint density at radius 2 is 0.833 bits per heavy atom. The van der Waals surface area contributed by atoms with Gasteiger partial charge in [-0.2, -0.15) is 0 Å². The Labute approximate surface area is 321 Å². The van der Waals surface area contributed by atoms with Crippen LogP contribution in [0.4, 0.5) is 17.1 Å². The molecule has 0 radical (unpaired) electrons. The number of hydrogen-bond donors (Lipinski definition) is 0. The van der Waals surface area contributed by atoms with Gasteiger partial charge in [0.15, 0.2) is 0 Å². The number of anilines is 3. The van der Waals surface area contributed by atoms with E-state index in [1.165, 1.54) is 98.4 Å². The molecule has 0 spiro atoms. The third kappa shape index (κ3) is 5.44. The van der Waals surface area contributed by atoms with E-state index in [0.717, 1.165) is 25.7 Å². The molecule has 7 aromatic carbocycles. The molecule has 10 rings (SSSR count). The summed E-state index contributed by atoms with van der Waals surface area (Å²) in [6.07, 6.45) is 9.48. The van der Waals surface area contributed by atoms with Gasteiger partial charge in [-0.15, -0.1) is 0 Å². The van der Waals surface area contributed by atoms with Gasteiger partial charge in [0.1, 0.15) is 0 Å². The highest BCUT2D eigenvalue weighted by molar-refractivity contribution is 5.91. The minimum Gasteiger partial charge on any atom is -0.310 e. The van der Waals surface area contributed by atoms with E-state index in [-0.39, 0.29) is 5.41 Å². The number of hydrogen-bond acceptors (Lipinski definition) is 1. The number of nitrogens with zero attached hydrogens (tertiary/aromatic N) is 1. The summed E-state index contributed by atoms with van der Waals surface area (Å²) in [5, 5.41) is 0. The van der Waals surface area contributed by atoms with Gasteiger partial charge < -0.3 is 4.90 Å². The molecule has 0 unspecified atom stereocenters. The Morgan fingerprint density at radius 3 is 1.43 bits per heavy atom. The zero-order chi connectivity index (χ0) is 36.2. The van der Waals surface area contributed by atoms with Gasteiger partial charge in [-0.05, 0) is 154 Å². The van der Waals surface area contributed by atoms with Gasteiger partial charge in [-0.25, -0.2) is 0 Å². The molecule has 0 aromatic heterocycles. The molecule has 54 heavy (non-hydrogen) atoms. The lowest BCUT2D eigenvalue weighted by Crippen LogP contribution is -2.22. The van der Waals surface area contributed by atoms with Crippen molar-refractivity contribution in [2.24, 2.45) is 0 Å². The van der Waals surface area contributed by atoms with E-state index in [2.05, 4.69) is 170 Å². The summed E-state index contributed by atoms with van der Waals surface area (Å²) < 4.78 is 0. The van der Waals surface area contributed by atoms with Crippen LogP contribution in [0.5, 0.6) is 0 Å². The standard InChI is InChI=1S/C53H47N/c1-53(2)49-24-14-13-19-43(49)44-34-33-42(35-50(44)53)54(41-31-29-39(30-32-41)37-17-7-4-8-18-37)52-47-22-11-9-20-45(47)51(46-21-10-12-23-48(46)52)40-27-25-38(26-28-40)36-15-5-3-6-16-36/h3-8,13-19,24-35H,9-12,20-23H2,1-2H3. The number of rotatable bonds is 6. The smallest absolute Gasteiger partial charge is 0.0531 e. The SMILES string of the molecule is CC1(C)c2ccccc2-c2ccc(N(c3ccc(-c4ccccc4)cc3)c3c4c(c(-c5ccc(-c6ccccc6)cc5)c5c3CCCC5)CCCC4)cc21. The van der Waals surface area contributed by atoms with Crippen LogP contribution in [0.25, 0.3) is 44.5 Å². The predicted octanol–water partition coefficient (Wildman–Crippen LogP) is 14.2. The fourth-order valence-corrected chi connectivity index (χ4v) is 10.00. The van der Waals surface area contributed by atoms with Crippen molar-refractivity contribution in [3.05, 3.63) is 185 Å². The Hall–Kier alpha value is -5.66. The molecule has 0 heterocycles. The molecule has 0 aliphatic heterocycles. The molecule has 3 aliphatic rings. The van der Waals surface area contributed by atoms with Crippen LogP contribution in [0.1, 0.15) is 72.9 Å². The Kier molecular flexibility index (Phi) is 8.13. The molecule has 1 heteroatoms. The molecular weight excluding hydrogens is 651 g/mol. The fourth-order valence-electron chi connectivity index (χ4n) is 10.00. The summed E-state index contributed by atoms with van der Waals surface area (Å²) in [5.74, 6) is 0. The van der Waals surface area contributed by atoms with E-state index in [1.54, 1.807) is 22.3 Å². The first-order valence-corrected chi connectivity index (χ1v) is 20.1. The maximum atomic E-state index is 2.67. The first kappa shape index (κ1) is 32.9. The second-order valence-electron chi connectivity index (χ2n) is 16.1. The molecule has 0 amide bonds. The lowest BCUT2D eigenvalue weighted by atomic mass is 9.75. The van der Waals surface area contributed by atoms with Crippen molar-refractivity contribution < 1.29 is 0 Å². The molecule has 1 nitrogen and oxygen atoms in total. The van der Waals surface area contributed by atoms with E-state index >= 15 is 0 Å². The molecule has 0 saturated heterocycles. The van der Waals surface area contributed by atoms with Crippen molar-refractivity contribution >= 4 is 17.1 Å². The third-order valence-electron chi connectivity index (χ3n) is 12.7. The highest BCUT2D eigenvalue weighted by atomic mass is 15.1. The molecule has 0 bridgehead atoms. The second kappa shape index (κ2) is 13.3. The summed E-state index contributed by atoms with van der Waals surface area (Å²) in [6, 6.07) is 56.8. The van der Waals surface area contributed by atoms with Gasteiger partial charge in [-0.3, -0.25) is 0 Å². The van der Waals surface area contributed by atoms with Crippen LogP contribution in [0.2, 0.25) is 0 Å². The van der Waals surface area contributed by atoms with Crippen LogP contribution in [-0.2, 0) is 31.1 Å². The molecule has 0 saturated carbocycles. The van der Waals surface area contributed by atoms with E-state index < -0.39 is 0 Å². The Balaban J connectivity index is 1.19. The van der Waals surface area contributed by atoms with E-state index in [1.807, 2.05) is 0 Å². The van der Waals surface area contributed by atoms with Crippen molar-refractivity contribution in [2.45, 2.75) is 70.6 Å². The molecule has 3 aliphatic carbocycles. The van der Waals surface area contributed by atoms with Crippen LogP contribution >= 0.6 is 0 Å². The maximum absolute atomic E-state index is 2.67. The largest absolute Gasteiger partial charge is 0.310 e. The third-order valence-corrected chi connectivity index (χ3v) is 12.7. The van der Waals surface area contributed by atoms with Gasteiger partial charge in [0.2, 0.25) is 0 Å². The molecule has 0 fully saturated rings. The summed E-state index contributed by atoms with van der Waals surface area (Å²) >= 11 is 0. The van der Waals surface area contributed by atoms with Gasteiger partial charge in [-0.1, -0.05) is 141 Å². The van der Waals surface area contributed by atoms with Crippen molar-refractivity contribution in [3.63, 3.8) is 0 Å². The van der Waals surface area contributed by atoms with E-state index in [0.29, 0.717) is 0 Å². The van der Waals surface area contributed by atoms with Crippen molar-refractivity contribution in [3.8, 4) is 44.5 Å². The minimum absolute atomic E-state index is 0.0700. The average molecular weight is 698 g/mol. The second-order valence-corrected chi connectivity index (χ2v) is 16.1. The van der Waals surface area contributed by atoms with Gasteiger partial charge in [0.25, 0.3) is 0 Å². The van der Waals surface area contributed by atoms with Gasteiger partial charge >= 0.3 is 0 Å². The fraction of sp³-hybridized carbons (Fsp3) is 0.208. The summed E-state index contributed by atoms with van der Waals surface area (Å²) in [5.41, 5.74) is 23.8. The minimum atomic E-state index is -0.0700. The lowest BCUT2D eigenvalue weighted by molar-refractivity contribution is 0.658. The summed E-state index contributed by atoms with van der Waals surface area (Å²) in [6.45, 7) is 4.81. The van der Waals surface area contributed by atoms with Crippen molar-refractivity contribution in [2.75, 3.05) is 4.90 Å². The normalized spacial score (nSPS) is 15.1. The predicted molar refractivity (Wildman–Crippen MR) is 228 cm³/mol. The quantitative estimate of drug-likeness (QED) is 0.167. The monoisotopic (exact) mass is 697 g/mol. The molecule has 7 aromatic rings. The molecular formula is C53H47N. The zero-order valence-corrected chi connectivity index (χ0v) is 31.5. The van der Waals surface area contributed by atoms with Crippen LogP contribution in [0, 0.1) is 0 Å². The number of fused-ring (bicyclic) bond motifs is 5. The maximum Gasteiger partial charge on any atom is 0.0531 e. The van der Waals surface area contributed by atoms with Gasteiger partial charge in [0.05, 0.1) is 5.69 Å². The highest BCUT2D eigenvalue weighted by Crippen LogP contribution is 2.53. The van der Waals surface area contributed by atoms with Crippen LogP contribution in [0.15, 0.2) is 152 Å². The first-order valence-electron chi connectivity index (χ1n) is 20.1. The van der Waals surface area contributed by atoms with Crippen LogP contribution < -0.4 is 4.90 Å². The summed E-state index contributed by atoms with van der Waals surface area (Å²) in [4.78, 5) is 2.67. The Morgan fingerprint density at radius 1 is 0.389 bits per heavy atom. The molecule has 264 valence electrons. The number of benzene rings is 7. The van der Waals surface area contributed by atoms with Crippen LogP contribution in [0.3, 0.4) is 0 Å². The lowest BCUT2D eigenvalue weighted by Gasteiger charge is -2.37. The molecule has 0 atom stereocenters. The molecule has 0 N–H and O–H groups in total. The van der Waals surface area contributed by atoms with Crippen LogP contribution in [-0.4, -0.2) is 0 Å². The van der Waals surface area contributed by atoms with E-state index in [4.69, 9.17) is 0 Å². The zero-order valence-electron chi connectivity index (χ0n) is 31.5. The topological polar surface area (TPSA) is 3.24 Å². The average Bonchev–Trinajstić information content (AvgIpc) is 3.47.